The highest BCUT2D eigenvalue weighted by Gasteiger charge is 2.42. The summed E-state index contributed by atoms with van der Waals surface area (Å²) in [5.74, 6) is 3.21. The number of halogens is 1. The number of rotatable bonds is 13. The third-order valence-electron chi connectivity index (χ3n) is 11.9. The van der Waals surface area contributed by atoms with E-state index in [-0.39, 0.29) is 16.9 Å². The highest BCUT2D eigenvalue weighted by molar-refractivity contribution is 5.89. The summed E-state index contributed by atoms with van der Waals surface area (Å²) in [6.45, 7) is 42.7. The van der Waals surface area contributed by atoms with Crippen LogP contribution in [0.3, 0.4) is 0 Å². The molecule has 5 fully saturated rings. The Morgan fingerprint density at radius 1 is 0.646 bits per heavy atom. The molecule has 0 bridgehead atoms. The summed E-state index contributed by atoms with van der Waals surface area (Å²) in [4.78, 5) is 9.19. The fourth-order valence-corrected chi connectivity index (χ4v) is 7.98. The van der Waals surface area contributed by atoms with Gasteiger partial charge >= 0.3 is 0 Å². The van der Waals surface area contributed by atoms with E-state index in [1.807, 2.05) is 37.1 Å². The number of aromatic nitrogens is 2. The van der Waals surface area contributed by atoms with Gasteiger partial charge in [-0.1, -0.05) is 130 Å². The molecule has 0 aromatic carbocycles. The highest BCUT2D eigenvalue weighted by Crippen LogP contribution is 2.45. The van der Waals surface area contributed by atoms with Crippen LogP contribution < -0.4 is 0 Å². The van der Waals surface area contributed by atoms with E-state index in [1.165, 1.54) is 75.6 Å². The Bertz CT molecular complexity index is 1440. The first-order valence-corrected chi connectivity index (χ1v) is 26.0. The van der Waals surface area contributed by atoms with E-state index < -0.39 is 11.8 Å². The summed E-state index contributed by atoms with van der Waals surface area (Å²) in [6, 6.07) is 1.96. The van der Waals surface area contributed by atoms with E-state index in [0.717, 1.165) is 56.9 Å². The Morgan fingerprint density at radius 3 is 1.43 bits per heavy atom. The highest BCUT2D eigenvalue weighted by atomic mass is 19.1. The number of aliphatic imine (C=N–C) groups is 1. The quantitative estimate of drug-likeness (QED) is 0.152. The maximum atomic E-state index is 13.1. The minimum atomic E-state index is -0.528. The lowest BCUT2D eigenvalue weighted by atomic mass is 9.80. The van der Waals surface area contributed by atoms with Gasteiger partial charge in [-0.25, -0.2) is 4.39 Å². The van der Waals surface area contributed by atoms with E-state index in [2.05, 4.69) is 140 Å². The minimum absolute atomic E-state index is 0.0278. The second kappa shape index (κ2) is 26.3. The van der Waals surface area contributed by atoms with Crippen LogP contribution in [0.2, 0.25) is 0 Å². The van der Waals surface area contributed by atoms with Crippen molar-refractivity contribution in [1.82, 2.24) is 9.78 Å². The van der Waals surface area contributed by atoms with Gasteiger partial charge in [0.2, 0.25) is 0 Å². The first-order valence-electron chi connectivity index (χ1n) is 26.0. The molecule has 2 N–H and O–H groups in total. The Morgan fingerprint density at radius 2 is 1.11 bits per heavy atom. The van der Waals surface area contributed by atoms with Crippen LogP contribution in [0.15, 0.2) is 28.6 Å². The van der Waals surface area contributed by atoms with Gasteiger partial charge in [-0.2, -0.15) is 5.10 Å². The zero-order valence-electron chi connectivity index (χ0n) is 46.8. The molecule has 0 spiro atoms. The van der Waals surface area contributed by atoms with Crippen molar-refractivity contribution >= 4 is 11.4 Å². The number of aryl methyl sites for hydroxylation is 1. The molecule has 382 valence electrons. The van der Waals surface area contributed by atoms with Gasteiger partial charge in [0.05, 0.1) is 17.4 Å². The topological polar surface area (TPSA) is 92.2 Å². The Hall–Kier alpha value is -1.80. The minimum Gasteiger partial charge on any atom is -0.399 e. The third kappa shape index (κ3) is 35.9. The first kappa shape index (κ1) is 61.2. The SMILES string of the molecule is CC(C)(C)CC(C)(O)C1CC1.CC(C)(C)CC(F)C1CC1.CC(C)(C)CC(O)C1CC1.CC(C)(C)CCn1cccn1.CN=C(CC(C)(C)C)C1CC1.CO/N=C(/CC(C)(C)C)C1CC1. The summed E-state index contributed by atoms with van der Waals surface area (Å²) < 4.78 is 15.1. The number of hydrogen-bond acceptors (Lipinski definition) is 6. The summed E-state index contributed by atoms with van der Waals surface area (Å²) in [6.07, 6.45) is 21.8. The molecule has 5 aliphatic carbocycles. The van der Waals surface area contributed by atoms with Crippen molar-refractivity contribution in [2.45, 2.75) is 259 Å². The molecule has 0 amide bonds. The average Bonchev–Trinajstić information content (AvgIpc) is 3.90. The van der Waals surface area contributed by atoms with E-state index in [0.29, 0.717) is 39.4 Å². The molecule has 3 atom stereocenters. The standard InChI is InChI=1S/C10H19NO.C10H19N.C10H20O.C9H17F.C9H16N2.C9H18O/c1-10(2,3)7-9(11-12-4)8-5-6-8;1-10(2,3)7-9(11-4)8-5-6-8;1-9(2,3)7-10(4,11)8-5-6-8;1-9(2,3)6-8(10)7-4-5-7;1-9(2,3)5-8-11-7-4-6-10-11;1-9(2,3)6-8(10)7-4-5-7/h8H,5-7H2,1-4H3;8H,5-7H2,1-4H3;8,11H,5-7H2,1-4H3;7-8H,4-6H2,1-3H3;4,6-7H,5,8H2,1-3H3;7-8,10H,4-6H2,1-3H3/b11-9-;;;;;. The Kier molecular flexibility index (Phi) is 24.7. The molecule has 65 heavy (non-hydrogen) atoms. The number of aliphatic hydroxyl groups excluding tert-OH is 1. The summed E-state index contributed by atoms with van der Waals surface area (Å²) in [7, 11) is 3.56. The molecule has 1 aromatic rings. The molecule has 1 heterocycles. The average molecular weight is 918 g/mol. The Balaban J connectivity index is 0.000000390. The van der Waals surface area contributed by atoms with Gasteiger partial charge in [-0.3, -0.25) is 9.67 Å². The van der Waals surface area contributed by atoms with Gasteiger partial charge < -0.3 is 15.1 Å². The van der Waals surface area contributed by atoms with Gasteiger partial charge in [0.25, 0.3) is 0 Å². The Labute approximate surface area is 402 Å². The molecular weight excluding hydrogens is 808 g/mol. The largest absolute Gasteiger partial charge is 0.399 e. The maximum absolute atomic E-state index is 13.1. The van der Waals surface area contributed by atoms with E-state index in [4.69, 9.17) is 4.84 Å². The van der Waals surface area contributed by atoms with Gasteiger partial charge in [-0.15, -0.1) is 0 Å². The summed E-state index contributed by atoms with van der Waals surface area (Å²) in [5, 5.41) is 27.7. The fraction of sp³-hybridized carbons (Fsp3) is 0.912. The van der Waals surface area contributed by atoms with Crippen LogP contribution in [-0.4, -0.2) is 63.5 Å². The van der Waals surface area contributed by atoms with Crippen molar-refractivity contribution in [2.24, 2.45) is 72.2 Å². The van der Waals surface area contributed by atoms with E-state index in [9.17, 15) is 14.6 Å². The number of nitrogens with zero attached hydrogens (tertiary/aromatic N) is 4. The maximum Gasteiger partial charge on any atom is 0.106 e. The van der Waals surface area contributed by atoms with Gasteiger partial charge in [0.1, 0.15) is 13.3 Å². The van der Waals surface area contributed by atoms with Crippen molar-refractivity contribution in [3.63, 3.8) is 0 Å². The third-order valence-corrected chi connectivity index (χ3v) is 11.9. The van der Waals surface area contributed by atoms with Crippen molar-refractivity contribution < 1.29 is 19.4 Å². The molecule has 6 rings (SSSR count). The molecule has 0 saturated heterocycles. The molecule has 0 radical (unpaired) electrons. The number of alkyl halides is 1. The zero-order valence-corrected chi connectivity index (χ0v) is 46.8. The second-order valence-electron chi connectivity index (χ2n) is 28.2. The molecule has 5 saturated carbocycles. The molecule has 3 unspecified atom stereocenters. The van der Waals surface area contributed by atoms with Gasteiger partial charge in [0.15, 0.2) is 0 Å². The lowest BCUT2D eigenvalue weighted by Crippen LogP contribution is -2.32. The summed E-state index contributed by atoms with van der Waals surface area (Å²) >= 11 is 0. The number of hydrogen-bond donors (Lipinski definition) is 2. The lowest BCUT2D eigenvalue weighted by molar-refractivity contribution is -0.00128. The molecule has 1 aromatic heterocycles. The van der Waals surface area contributed by atoms with Crippen molar-refractivity contribution in [1.29, 1.82) is 0 Å². The van der Waals surface area contributed by atoms with Crippen LogP contribution in [0.25, 0.3) is 0 Å². The predicted molar refractivity (Wildman–Crippen MR) is 280 cm³/mol. The van der Waals surface area contributed by atoms with Crippen LogP contribution in [0.4, 0.5) is 4.39 Å². The van der Waals surface area contributed by atoms with E-state index in [1.54, 1.807) is 7.11 Å². The second-order valence-corrected chi connectivity index (χ2v) is 28.2. The van der Waals surface area contributed by atoms with Crippen LogP contribution in [-0.2, 0) is 11.4 Å². The van der Waals surface area contributed by atoms with E-state index >= 15 is 0 Å². The molecule has 0 aliphatic heterocycles. The van der Waals surface area contributed by atoms with Crippen LogP contribution >= 0.6 is 0 Å². The van der Waals surface area contributed by atoms with Crippen LogP contribution in [0.5, 0.6) is 0 Å². The monoisotopic (exact) mass is 917 g/mol. The normalized spacial score (nSPS) is 20.3. The van der Waals surface area contributed by atoms with Crippen molar-refractivity contribution in [3.8, 4) is 0 Å². The molecule has 5 aliphatic rings. The zero-order chi connectivity index (χ0) is 50.2. The number of oxime groups is 1. The van der Waals surface area contributed by atoms with Crippen LogP contribution in [0.1, 0.15) is 234 Å². The lowest BCUT2D eigenvalue weighted by Gasteiger charge is -2.31. The van der Waals surface area contributed by atoms with Crippen LogP contribution in [0, 0.1) is 62.1 Å². The van der Waals surface area contributed by atoms with Gasteiger partial charge in [-0.05, 0) is 172 Å². The fourth-order valence-electron chi connectivity index (χ4n) is 7.98. The molecule has 7 nitrogen and oxygen atoms in total. The van der Waals surface area contributed by atoms with Crippen molar-refractivity contribution in [2.75, 3.05) is 14.2 Å². The smallest absolute Gasteiger partial charge is 0.106 e. The summed E-state index contributed by atoms with van der Waals surface area (Å²) in [5.41, 5.74) is 4.17. The molecular formula is C57H109FN4O3. The van der Waals surface area contributed by atoms with Gasteiger partial charge in [0, 0.05) is 37.6 Å². The van der Waals surface area contributed by atoms with Crippen molar-refractivity contribution in [3.05, 3.63) is 18.5 Å². The first-order chi connectivity index (χ1) is 29.4. The predicted octanol–water partition coefficient (Wildman–Crippen LogP) is 16.0. The number of aliphatic hydroxyl groups is 2. The molecule has 8 heteroatoms.